The van der Waals surface area contributed by atoms with Gasteiger partial charge in [0.25, 0.3) is 5.91 Å². The highest BCUT2D eigenvalue weighted by atomic mass is 16.5. The van der Waals surface area contributed by atoms with Gasteiger partial charge in [0, 0.05) is 36.1 Å². The highest BCUT2D eigenvalue weighted by molar-refractivity contribution is 6.08. The first-order valence-electron chi connectivity index (χ1n) is 9.28. The normalized spacial score (nSPS) is 19.2. The maximum Gasteiger partial charge on any atom is 0.257 e. The molecule has 1 atom stereocenters. The summed E-state index contributed by atoms with van der Waals surface area (Å²) in [5, 5.41) is 5.91. The number of amides is 2. The van der Waals surface area contributed by atoms with Gasteiger partial charge in [-0.05, 0) is 42.3 Å². The Morgan fingerprint density at radius 3 is 2.78 bits per heavy atom. The molecule has 2 N–H and O–H groups in total. The fourth-order valence-electron chi connectivity index (χ4n) is 3.58. The number of nitrogens with one attached hydrogen (secondary N) is 2. The van der Waals surface area contributed by atoms with Crippen molar-refractivity contribution >= 4 is 28.9 Å². The lowest BCUT2D eigenvalue weighted by molar-refractivity contribution is -0.119. The number of nitrogens with zero attached hydrogens (tertiary/aromatic N) is 1. The lowest BCUT2D eigenvalue weighted by Crippen LogP contribution is -2.37. The molecule has 1 unspecified atom stereocenters. The zero-order valence-electron chi connectivity index (χ0n) is 15.3. The second-order valence-corrected chi connectivity index (χ2v) is 7.04. The molecule has 6 heteroatoms. The molecule has 2 amide bonds. The molecule has 2 heterocycles. The number of hydrogen-bond acceptors (Lipinski definition) is 4. The van der Waals surface area contributed by atoms with Gasteiger partial charge < -0.3 is 20.3 Å². The number of rotatable bonds is 3. The number of para-hydroxylation sites is 1. The van der Waals surface area contributed by atoms with Crippen LogP contribution in [0.2, 0.25) is 0 Å². The number of carbonyl (C=O) groups excluding carboxylic acids is 2. The van der Waals surface area contributed by atoms with Gasteiger partial charge in [-0.15, -0.1) is 0 Å². The van der Waals surface area contributed by atoms with E-state index in [-0.39, 0.29) is 17.7 Å². The third-order valence-corrected chi connectivity index (χ3v) is 5.10. The van der Waals surface area contributed by atoms with Crippen molar-refractivity contribution in [2.45, 2.75) is 13.3 Å². The smallest absolute Gasteiger partial charge is 0.257 e. The maximum absolute atomic E-state index is 12.9. The van der Waals surface area contributed by atoms with Crippen LogP contribution < -0.4 is 15.5 Å². The van der Waals surface area contributed by atoms with Crippen LogP contribution >= 0.6 is 0 Å². The van der Waals surface area contributed by atoms with E-state index in [0.717, 1.165) is 35.7 Å². The van der Waals surface area contributed by atoms with Gasteiger partial charge in [0.1, 0.15) is 0 Å². The highest BCUT2D eigenvalue weighted by Gasteiger charge is 2.23. The molecule has 0 spiro atoms. The van der Waals surface area contributed by atoms with Gasteiger partial charge in [-0.3, -0.25) is 9.59 Å². The molecule has 27 heavy (non-hydrogen) atoms. The van der Waals surface area contributed by atoms with Crippen molar-refractivity contribution in [2.75, 3.05) is 41.8 Å². The van der Waals surface area contributed by atoms with Crippen LogP contribution in [0, 0.1) is 5.92 Å². The summed E-state index contributed by atoms with van der Waals surface area (Å²) in [5.74, 6) is -0.158. The van der Waals surface area contributed by atoms with Crippen molar-refractivity contribution in [3.05, 3.63) is 53.6 Å². The molecule has 0 radical (unpaired) electrons. The third-order valence-electron chi connectivity index (χ3n) is 5.10. The molecule has 2 aromatic rings. The summed E-state index contributed by atoms with van der Waals surface area (Å²) in [5.41, 5.74) is 4.18. The molecule has 2 aliphatic heterocycles. The number of benzene rings is 2. The first kappa shape index (κ1) is 17.5. The lowest BCUT2D eigenvalue weighted by atomic mass is 9.94. The van der Waals surface area contributed by atoms with Crippen molar-refractivity contribution in [2.24, 2.45) is 5.92 Å². The van der Waals surface area contributed by atoms with Crippen molar-refractivity contribution in [3.63, 3.8) is 0 Å². The number of fused-ring (bicyclic) bond motifs is 1. The number of anilines is 3. The molecule has 1 saturated heterocycles. The van der Waals surface area contributed by atoms with E-state index in [4.69, 9.17) is 4.74 Å². The number of carbonyl (C=O) groups is 2. The summed E-state index contributed by atoms with van der Waals surface area (Å²) >= 11 is 0. The zero-order valence-corrected chi connectivity index (χ0v) is 15.3. The first-order valence-corrected chi connectivity index (χ1v) is 9.28. The van der Waals surface area contributed by atoms with Crippen LogP contribution in [0.25, 0.3) is 0 Å². The molecular formula is C21H23N3O3. The summed E-state index contributed by atoms with van der Waals surface area (Å²) in [6.45, 7) is 4.80. The molecule has 6 nitrogen and oxygen atoms in total. The molecule has 2 aliphatic rings. The molecule has 140 valence electrons. The van der Waals surface area contributed by atoms with Gasteiger partial charge in [0.05, 0.1) is 18.8 Å². The van der Waals surface area contributed by atoms with Crippen molar-refractivity contribution in [3.8, 4) is 0 Å². The Hall–Kier alpha value is -2.86. The molecule has 0 aromatic heterocycles. The summed E-state index contributed by atoms with van der Waals surface area (Å²) in [7, 11) is 0. The van der Waals surface area contributed by atoms with Crippen LogP contribution in [0.3, 0.4) is 0 Å². The summed E-state index contributed by atoms with van der Waals surface area (Å²) in [4.78, 5) is 26.9. The average Bonchev–Trinajstić information content (AvgIpc) is 2.70. The predicted octanol–water partition coefficient (Wildman–Crippen LogP) is 2.91. The topological polar surface area (TPSA) is 70.7 Å². The van der Waals surface area contributed by atoms with Gasteiger partial charge in [0.2, 0.25) is 5.91 Å². The lowest BCUT2D eigenvalue weighted by Gasteiger charge is -2.30. The standard InChI is InChI=1S/C21H23N3O3/c1-14-12-15-13-16(6-7-18(15)23-20(14)25)22-21(26)17-4-2-3-5-19(17)24-8-10-27-11-9-24/h2-7,13-14H,8-12H2,1H3,(H,22,26)(H,23,25). The Kier molecular flexibility index (Phi) is 4.81. The van der Waals surface area contributed by atoms with Crippen LogP contribution in [0.1, 0.15) is 22.8 Å². The number of hydrogen-bond donors (Lipinski definition) is 2. The van der Waals surface area contributed by atoms with E-state index in [9.17, 15) is 9.59 Å². The van der Waals surface area contributed by atoms with Crippen molar-refractivity contribution in [1.29, 1.82) is 0 Å². The molecule has 0 aliphatic carbocycles. The molecule has 0 bridgehead atoms. The quantitative estimate of drug-likeness (QED) is 0.877. The van der Waals surface area contributed by atoms with E-state index in [1.54, 1.807) is 0 Å². The van der Waals surface area contributed by atoms with Crippen LogP contribution in [0.4, 0.5) is 17.1 Å². The van der Waals surface area contributed by atoms with Gasteiger partial charge in [-0.25, -0.2) is 0 Å². The van der Waals surface area contributed by atoms with Gasteiger partial charge in [-0.2, -0.15) is 0 Å². The maximum atomic E-state index is 12.9. The Morgan fingerprint density at radius 1 is 1.19 bits per heavy atom. The molecule has 0 saturated carbocycles. The monoisotopic (exact) mass is 365 g/mol. The Balaban J connectivity index is 1.55. The van der Waals surface area contributed by atoms with Gasteiger partial charge in [0.15, 0.2) is 0 Å². The van der Waals surface area contributed by atoms with E-state index in [1.807, 2.05) is 49.4 Å². The minimum atomic E-state index is -0.134. The van der Waals surface area contributed by atoms with Crippen LogP contribution in [0.15, 0.2) is 42.5 Å². The second-order valence-electron chi connectivity index (χ2n) is 7.04. The Bertz CT molecular complexity index is 875. The zero-order chi connectivity index (χ0) is 18.8. The Labute approximate surface area is 158 Å². The van der Waals surface area contributed by atoms with E-state index in [2.05, 4.69) is 15.5 Å². The van der Waals surface area contributed by atoms with E-state index in [1.165, 1.54) is 0 Å². The van der Waals surface area contributed by atoms with Gasteiger partial charge in [-0.1, -0.05) is 19.1 Å². The third kappa shape index (κ3) is 3.66. The Morgan fingerprint density at radius 2 is 1.96 bits per heavy atom. The minimum Gasteiger partial charge on any atom is -0.378 e. The van der Waals surface area contributed by atoms with Crippen molar-refractivity contribution in [1.82, 2.24) is 0 Å². The SMILES string of the molecule is CC1Cc2cc(NC(=O)c3ccccc3N3CCOCC3)ccc2NC1=O. The van der Waals surface area contributed by atoms with Crippen LogP contribution in [0.5, 0.6) is 0 Å². The molecule has 4 rings (SSSR count). The summed E-state index contributed by atoms with van der Waals surface area (Å²) in [6.07, 6.45) is 0.676. The van der Waals surface area contributed by atoms with Crippen LogP contribution in [-0.2, 0) is 16.0 Å². The fraction of sp³-hybridized carbons (Fsp3) is 0.333. The fourth-order valence-corrected chi connectivity index (χ4v) is 3.58. The first-order chi connectivity index (χ1) is 13.1. The molecular weight excluding hydrogens is 342 g/mol. The van der Waals surface area contributed by atoms with Crippen molar-refractivity contribution < 1.29 is 14.3 Å². The largest absolute Gasteiger partial charge is 0.378 e. The van der Waals surface area contributed by atoms with Crippen LogP contribution in [-0.4, -0.2) is 38.1 Å². The summed E-state index contributed by atoms with van der Waals surface area (Å²) < 4.78 is 5.41. The number of morpholine rings is 1. The minimum absolute atomic E-state index is 0.0405. The van der Waals surface area contributed by atoms with E-state index >= 15 is 0 Å². The van der Waals surface area contributed by atoms with E-state index in [0.29, 0.717) is 25.2 Å². The summed E-state index contributed by atoms with van der Waals surface area (Å²) in [6, 6.07) is 13.3. The second kappa shape index (κ2) is 7.40. The highest BCUT2D eigenvalue weighted by Crippen LogP contribution is 2.29. The number of ether oxygens (including phenoxy) is 1. The average molecular weight is 365 g/mol. The van der Waals surface area contributed by atoms with Gasteiger partial charge >= 0.3 is 0 Å². The van der Waals surface area contributed by atoms with E-state index < -0.39 is 0 Å². The predicted molar refractivity (Wildman–Crippen MR) is 105 cm³/mol. The molecule has 1 fully saturated rings. The molecule has 2 aromatic carbocycles.